The van der Waals surface area contributed by atoms with Crippen LogP contribution in [0.4, 0.5) is 18.9 Å². The van der Waals surface area contributed by atoms with Crippen molar-refractivity contribution in [1.29, 1.82) is 0 Å². The first kappa shape index (κ1) is 18.7. The molecule has 2 heterocycles. The Morgan fingerprint density at radius 2 is 2.12 bits per heavy atom. The quantitative estimate of drug-likeness (QED) is 0.872. The summed E-state index contributed by atoms with van der Waals surface area (Å²) in [5.74, 6) is -1.30. The van der Waals surface area contributed by atoms with Crippen LogP contribution in [0.5, 0.6) is 0 Å². The molecule has 2 amide bonds. The van der Waals surface area contributed by atoms with Crippen LogP contribution in [0.25, 0.3) is 0 Å². The summed E-state index contributed by atoms with van der Waals surface area (Å²) < 4.78 is 49.2. The molecule has 2 atom stereocenters. The topological polar surface area (TPSA) is 67.9 Å². The van der Waals surface area contributed by atoms with Crippen molar-refractivity contribution in [3.63, 3.8) is 0 Å². The van der Waals surface area contributed by atoms with E-state index >= 15 is 0 Å². The van der Waals surface area contributed by atoms with Crippen LogP contribution < -0.4 is 10.2 Å². The maximum Gasteiger partial charge on any atom is 0.416 e. The molecule has 0 spiro atoms. The lowest BCUT2D eigenvalue weighted by Gasteiger charge is -2.23. The Morgan fingerprint density at radius 3 is 2.81 bits per heavy atom. The number of benzene rings is 1. The number of amides is 2. The lowest BCUT2D eigenvalue weighted by molar-refractivity contribution is -0.137. The van der Waals surface area contributed by atoms with Crippen molar-refractivity contribution in [3.05, 3.63) is 29.8 Å². The fourth-order valence-electron chi connectivity index (χ4n) is 3.00. The third-order valence-electron chi connectivity index (χ3n) is 4.37. The van der Waals surface area contributed by atoms with Gasteiger partial charge in [0.1, 0.15) is 0 Å². The predicted molar refractivity (Wildman–Crippen MR) is 85.5 cm³/mol. The maximum absolute atomic E-state index is 12.8. The van der Waals surface area contributed by atoms with Gasteiger partial charge in [0.15, 0.2) is 0 Å². The zero-order chi connectivity index (χ0) is 18.7. The minimum Gasteiger partial charge on any atom is -0.376 e. The fraction of sp³-hybridized carbons (Fsp3) is 0.529. The first-order valence-corrected chi connectivity index (χ1v) is 8.29. The van der Waals surface area contributed by atoms with Gasteiger partial charge in [0, 0.05) is 25.2 Å². The molecule has 2 aliphatic rings. The highest BCUT2D eigenvalue weighted by molar-refractivity contribution is 6.00. The lowest BCUT2D eigenvalue weighted by Crippen LogP contribution is -2.42. The van der Waals surface area contributed by atoms with E-state index in [0.717, 1.165) is 12.1 Å². The Balaban J connectivity index is 1.60. The van der Waals surface area contributed by atoms with Gasteiger partial charge in [-0.2, -0.15) is 13.2 Å². The van der Waals surface area contributed by atoms with E-state index in [0.29, 0.717) is 19.8 Å². The van der Waals surface area contributed by atoms with Gasteiger partial charge in [0.25, 0.3) is 0 Å². The number of ether oxygens (including phenoxy) is 2. The minimum absolute atomic E-state index is 0.0376. The summed E-state index contributed by atoms with van der Waals surface area (Å²) in [7, 11) is 0. The SMILES string of the molecule is O=C(NC[C@H]1COCCO1)[C@@H]1CC(=O)N(c2cccc(C(F)(F)F)c2)C1. The smallest absolute Gasteiger partial charge is 0.376 e. The van der Waals surface area contributed by atoms with E-state index in [-0.39, 0.29) is 43.1 Å². The van der Waals surface area contributed by atoms with E-state index in [2.05, 4.69) is 5.32 Å². The van der Waals surface area contributed by atoms with Crippen molar-refractivity contribution >= 4 is 17.5 Å². The third kappa shape index (κ3) is 4.34. The second-order valence-corrected chi connectivity index (χ2v) is 6.27. The van der Waals surface area contributed by atoms with Crippen molar-refractivity contribution in [2.24, 2.45) is 5.92 Å². The summed E-state index contributed by atoms with van der Waals surface area (Å²) in [5.41, 5.74) is -0.686. The zero-order valence-corrected chi connectivity index (χ0v) is 13.9. The van der Waals surface area contributed by atoms with Crippen LogP contribution in [0.3, 0.4) is 0 Å². The molecule has 3 rings (SSSR count). The first-order chi connectivity index (χ1) is 12.3. The van der Waals surface area contributed by atoms with Gasteiger partial charge in [0.2, 0.25) is 11.8 Å². The van der Waals surface area contributed by atoms with E-state index in [1.54, 1.807) is 0 Å². The molecule has 142 valence electrons. The molecule has 0 unspecified atom stereocenters. The minimum atomic E-state index is -4.49. The number of carbonyl (C=O) groups excluding carboxylic acids is 2. The molecule has 9 heteroatoms. The van der Waals surface area contributed by atoms with Gasteiger partial charge in [0.05, 0.1) is 37.4 Å². The molecule has 6 nitrogen and oxygen atoms in total. The Bertz CT molecular complexity index is 674. The largest absolute Gasteiger partial charge is 0.416 e. The molecule has 2 aliphatic heterocycles. The molecular formula is C17H19F3N2O4. The predicted octanol–water partition coefficient (Wildman–Crippen LogP) is 1.59. The molecule has 0 aromatic heterocycles. The van der Waals surface area contributed by atoms with Crippen molar-refractivity contribution in [3.8, 4) is 0 Å². The van der Waals surface area contributed by atoms with Crippen LogP contribution in [-0.2, 0) is 25.2 Å². The molecule has 0 bridgehead atoms. The van der Waals surface area contributed by atoms with Gasteiger partial charge in [-0.3, -0.25) is 9.59 Å². The second kappa shape index (κ2) is 7.63. The molecule has 1 aromatic carbocycles. The lowest BCUT2D eigenvalue weighted by atomic mass is 10.1. The number of anilines is 1. The van der Waals surface area contributed by atoms with Crippen LogP contribution >= 0.6 is 0 Å². The molecule has 1 N–H and O–H groups in total. The summed E-state index contributed by atoms with van der Waals surface area (Å²) in [4.78, 5) is 25.7. The standard InChI is InChI=1S/C17H19F3N2O4/c18-17(19,20)12-2-1-3-13(7-12)22-9-11(6-15(22)23)16(24)21-8-14-10-25-4-5-26-14/h1-3,7,11,14H,4-6,8-10H2,(H,21,24)/t11-,14+/m1/s1. The Hall–Kier alpha value is -2.13. The molecule has 26 heavy (non-hydrogen) atoms. The van der Waals surface area contributed by atoms with Crippen molar-refractivity contribution in [2.45, 2.75) is 18.7 Å². The number of halogens is 3. The second-order valence-electron chi connectivity index (χ2n) is 6.27. The molecule has 0 aliphatic carbocycles. The zero-order valence-electron chi connectivity index (χ0n) is 13.9. The number of hydrogen-bond acceptors (Lipinski definition) is 4. The molecule has 2 fully saturated rings. The van der Waals surface area contributed by atoms with Crippen molar-refractivity contribution in [1.82, 2.24) is 5.32 Å². The highest BCUT2D eigenvalue weighted by Crippen LogP contribution is 2.33. The maximum atomic E-state index is 12.8. The number of rotatable bonds is 4. The molecule has 1 aromatic rings. The van der Waals surface area contributed by atoms with Crippen LogP contribution in [0.15, 0.2) is 24.3 Å². The van der Waals surface area contributed by atoms with Gasteiger partial charge in [-0.05, 0) is 18.2 Å². The summed E-state index contributed by atoms with van der Waals surface area (Å²) in [6.45, 7) is 1.70. The first-order valence-electron chi connectivity index (χ1n) is 8.29. The average molecular weight is 372 g/mol. The van der Waals surface area contributed by atoms with Gasteiger partial charge >= 0.3 is 6.18 Å². The van der Waals surface area contributed by atoms with Gasteiger partial charge in [-0.15, -0.1) is 0 Å². The van der Waals surface area contributed by atoms with Crippen LogP contribution in [0.1, 0.15) is 12.0 Å². The molecule has 0 radical (unpaired) electrons. The number of hydrogen-bond donors (Lipinski definition) is 1. The van der Waals surface area contributed by atoms with Crippen LogP contribution in [0.2, 0.25) is 0 Å². The van der Waals surface area contributed by atoms with Crippen LogP contribution in [0, 0.1) is 5.92 Å². The highest BCUT2D eigenvalue weighted by Gasteiger charge is 2.37. The van der Waals surface area contributed by atoms with Gasteiger partial charge < -0.3 is 19.7 Å². The summed E-state index contributed by atoms with van der Waals surface area (Å²) in [6.07, 6.45) is -4.76. The summed E-state index contributed by atoms with van der Waals surface area (Å²) >= 11 is 0. The number of nitrogens with one attached hydrogen (secondary N) is 1. The fourth-order valence-corrected chi connectivity index (χ4v) is 3.00. The molecule has 2 saturated heterocycles. The summed E-state index contributed by atoms with van der Waals surface area (Å²) in [5, 5.41) is 2.72. The number of nitrogens with zero attached hydrogens (tertiary/aromatic N) is 1. The Kier molecular flexibility index (Phi) is 5.47. The van der Waals surface area contributed by atoms with E-state index < -0.39 is 17.7 Å². The van der Waals surface area contributed by atoms with Gasteiger partial charge in [-0.25, -0.2) is 0 Å². The van der Waals surface area contributed by atoms with Gasteiger partial charge in [-0.1, -0.05) is 6.07 Å². The monoisotopic (exact) mass is 372 g/mol. The van der Waals surface area contributed by atoms with Crippen molar-refractivity contribution < 1.29 is 32.2 Å². The number of alkyl halides is 3. The summed E-state index contributed by atoms with van der Waals surface area (Å²) in [6, 6.07) is 4.55. The van der Waals surface area contributed by atoms with E-state index in [1.165, 1.54) is 17.0 Å². The average Bonchev–Trinajstić information content (AvgIpc) is 3.02. The third-order valence-corrected chi connectivity index (χ3v) is 4.37. The Labute approximate surface area is 148 Å². The normalized spacial score (nSPS) is 24.0. The molecular weight excluding hydrogens is 353 g/mol. The molecule has 0 saturated carbocycles. The highest BCUT2D eigenvalue weighted by atomic mass is 19.4. The van der Waals surface area contributed by atoms with Crippen LogP contribution in [-0.4, -0.2) is 50.8 Å². The van der Waals surface area contributed by atoms with E-state index in [4.69, 9.17) is 9.47 Å². The van der Waals surface area contributed by atoms with Crippen molar-refractivity contribution in [2.75, 3.05) is 37.8 Å². The Morgan fingerprint density at radius 1 is 1.31 bits per heavy atom. The van der Waals surface area contributed by atoms with E-state index in [9.17, 15) is 22.8 Å². The number of carbonyl (C=O) groups is 2. The van der Waals surface area contributed by atoms with E-state index in [1.807, 2.05) is 0 Å².